The molecule has 4 aliphatic rings. The van der Waals surface area contributed by atoms with Crippen molar-refractivity contribution in [1.82, 2.24) is 15.6 Å². The number of nitrogens with one attached hydrogen (secondary N) is 2. The SMILES string of the molecule is O=C(NC12CCC(NC(=O)[C@H]3CC(=O)c4cc(Cl)ccc4O3)(CC1)CC2)c1ccc(OC(F)(F)F)cn1. The summed E-state index contributed by atoms with van der Waals surface area (Å²) in [4.78, 5) is 42.1. The van der Waals surface area contributed by atoms with E-state index >= 15 is 0 Å². The van der Waals surface area contributed by atoms with Crippen LogP contribution in [0.15, 0.2) is 36.5 Å². The zero-order valence-corrected chi connectivity index (χ0v) is 20.2. The summed E-state index contributed by atoms with van der Waals surface area (Å²) in [5.41, 5.74) is -0.588. The van der Waals surface area contributed by atoms with Crippen molar-refractivity contribution in [2.24, 2.45) is 0 Å². The first-order chi connectivity index (χ1) is 17.4. The molecule has 3 fully saturated rings. The first-order valence-corrected chi connectivity index (χ1v) is 12.2. The van der Waals surface area contributed by atoms with Crippen LogP contribution < -0.4 is 20.1 Å². The summed E-state index contributed by atoms with van der Waals surface area (Å²) in [6.45, 7) is 0. The molecule has 1 aromatic heterocycles. The number of pyridine rings is 1. The fraction of sp³-hybridized carbons (Fsp3) is 0.440. The number of nitrogens with zero attached hydrogens (tertiary/aromatic N) is 1. The largest absolute Gasteiger partial charge is 0.573 e. The van der Waals surface area contributed by atoms with E-state index in [1.807, 2.05) is 0 Å². The van der Waals surface area contributed by atoms with Gasteiger partial charge in [0.25, 0.3) is 11.8 Å². The van der Waals surface area contributed by atoms with Gasteiger partial charge in [-0.25, -0.2) is 4.98 Å². The van der Waals surface area contributed by atoms with E-state index in [1.54, 1.807) is 12.1 Å². The zero-order chi connectivity index (χ0) is 26.4. The van der Waals surface area contributed by atoms with E-state index in [4.69, 9.17) is 16.3 Å². The van der Waals surface area contributed by atoms with Crippen molar-refractivity contribution in [3.8, 4) is 11.5 Å². The van der Waals surface area contributed by atoms with Gasteiger partial charge in [-0.15, -0.1) is 13.2 Å². The number of amides is 2. The number of carbonyl (C=O) groups is 3. The van der Waals surface area contributed by atoms with Crippen molar-refractivity contribution in [2.45, 2.75) is 68.5 Å². The summed E-state index contributed by atoms with van der Waals surface area (Å²) in [5.74, 6) is -1.21. The number of benzene rings is 1. The number of rotatable bonds is 5. The van der Waals surface area contributed by atoms with Crippen LogP contribution in [0.1, 0.15) is 65.8 Å². The molecule has 1 aliphatic heterocycles. The molecule has 2 N–H and O–H groups in total. The number of halogens is 4. The van der Waals surface area contributed by atoms with Crippen molar-refractivity contribution in [2.75, 3.05) is 0 Å². The minimum Gasteiger partial charge on any atom is -0.479 e. The number of ether oxygens (including phenoxy) is 2. The molecule has 6 rings (SSSR count). The molecule has 2 aromatic rings. The molecule has 1 aromatic carbocycles. The van der Waals surface area contributed by atoms with Crippen LogP contribution in [-0.2, 0) is 4.79 Å². The highest BCUT2D eigenvalue weighted by Gasteiger charge is 2.51. The molecule has 0 unspecified atom stereocenters. The quantitative estimate of drug-likeness (QED) is 0.587. The van der Waals surface area contributed by atoms with E-state index in [0.717, 1.165) is 12.3 Å². The van der Waals surface area contributed by atoms with Gasteiger partial charge in [-0.1, -0.05) is 11.6 Å². The van der Waals surface area contributed by atoms with Crippen LogP contribution in [0.3, 0.4) is 0 Å². The highest BCUT2D eigenvalue weighted by Crippen LogP contribution is 2.47. The lowest BCUT2D eigenvalue weighted by atomic mass is 9.61. The van der Waals surface area contributed by atoms with E-state index in [2.05, 4.69) is 20.4 Å². The predicted molar refractivity (Wildman–Crippen MR) is 125 cm³/mol. The maximum absolute atomic E-state index is 13.1. The van der Waals surface area contributed by atoms with Gasteiger partial charge < -0.3 is 20.1 Å². The fourth-order valence-electron chi connectivity index (χ4n) is 5.36. The van der Waals surface area contributed by atoms with Gasteiger partial charge in [0, 0.05) is 16.1 Å². The molecule has 1 atom stereocenters. The van der Waals surface area contributed by atoms with Crippen molar-refractivity contribution in [1.29, 1.82) is 0 Å². The Kier molecular flexibility index (Phi) is 6.29. The summed E-state index contributed by atoms with van der Waals surface area (Å²) in [5, 5.41) is 6.53. The Bertz CT molecular complexity index is 1230. The lowest BCUT2D eigenvalue weighted by Gasteiger charge is -2.54. The van der Waals surface area contributed by atoms with E-state index in [0.29, 0.717) is 54.9 Å². The Morgan fingerprint density at radius 1 is 1.03 bits per heavy atom. The summed E-state index contributed by atoms with van der Waals surface area (Å²) < 4.78 is 46.6. The van der Waals surface area contributed by atoms with E-state index < -0.39 is 35.2 Å². The Hall–Kier alpha value is -3.34. The number of aromatic nitrogens is 1. The van der Waals surface area contributed by atoms with Crippen LogP contribution in [0.5, 0.6) is 11.5 Å². The third-order valence-electron chi connectivity index (χ3n) is 7.39. The van der Waals surface area contributed by atoms with Crippen LogP contribution >= 0.6 is 11.6 Å². The minimum atomic E-state index is -4.84. The smallest absolute Gasteiger partial charge is 0.479 e. The van der Waals surface area contributed by atoms with Crippen molar-refractivity contribution >= 4 is 29.2 Å². The normalized spacial score (nSPS) is 26.6. The molecule has 0 spiro atoms. The number of fused-ring (bicyclic) bond motifs is 4. The van der Waals surface area contributed by atoms with Gasteiger partial charge in [0.1, 0.15) is 17.2 Å². The fourth-order valence-corrected chi connectivity index (χ4v) is 5.53. The van der Waals surface area contributed by atoms with Gasteiger partial charge in [0.2, 0.25) is 0 Å². The molecule has 2 heterocycles. The molecule has 8 nitrogen and oxygen atoms in total. The second-order valence-electron chi connectivity index (χ2n) is 9.81. The van der Waals surface area contributed by atoms with Crippen molar-refractivity contribution < 1.29 is 37.0 Å². The number of carbonyl (C=O) groups excluding carboxylic acids is 3. The second kappa shape index (κ2) is 9.20. The topological polar surface area (TPSA) is 107 Å². The Labute approximate surface area is 214 Å². The molecule has 2 bridgehead atoms. The van der Waals surface area contributed by atoms with E-state index in [1.165, 1.54) is 12.1 Å². The number of ketones is 1. The van der Waals surface area contributed by atoms with Gasteiger partial charge in [-0.2, -0.15) is 0 Å². The minimum absolute atomic E-state index is 0.0136. The zero-order valence-electron chi connectivity index (χ0n) is 19.5. The van der Waals surface area contributed by atoms with Crippen molar-refractivity contribution in [3.05, 3.63) is 52.8 Å². The number of alkyl halides is 3. The Morgan fingerprint density at radius 2 is 1.68 bits per heavy atom. The first-order valence-electron chi connectivity index (χ1n) is 11.8. The Morgan fingerprint density at radius 3 is 2.27 bits per heavy atom. The molecular weight excluding hydrogens is 515 g/mol. The molecule has 37 heavy (non-hydrogen) atoms. The van der Waals surface area contributed by atoms with Crippen LogP contribution in [0.4, 0.5) is 13.2 Å². The molecule has 12 heteroatoms. The lowest BCUT2D eigenvalue weighted by molar-refractivity contribution is -0.274. The van der Waals surface area contributed by atoms with Gasteiger partial charge in [0.05, 0.1) is 18.2 Å². The van der Waals surface area contributed by atoms with Crippen molar-refractivity contribution in [3.63, 3.8) is 0 Å². The molecule has 196 valence electrons. The monoisotopic (exact) mass is 537 g/mol. The molecule has 0 radical (unpaired) electrons. The Balaban J connectivity index is 1.18. The van der Waals surface area contributed by atoms with Crippen LogP contribution in [0.2, 0.25) is 5.02 Å². The van der Waals surface area contributed by atoms with E-state index in [9.17, 15) is 27.6 Å². The molecule has 2 amide bonds. The number of Topliss-reactive ketones (excluding diaryl/α,β-unsaturated/α-hetero) is 1. The lowest BCUT2D eigenvalue weighted by Crippen LogP contribution is -2.65. The number of hydrogen-bond donors (Lipinski definition) is 2. The molecule has 0 saturated heterocycles. The summed E-state index contributed by atoms with van der Waals surface area (Å²) in [7, 11) is 0. The standard InChI is InChI=1S/C25H23ClF3N3O5/c26-14-1-4-19-16(11-14)18(33)12-20(36-19)22(35)32-24-8-5-23(6-9-24,7-10-24)31-21(34)17-3-2-15(13-30-17)37-25(27,28)29/h1-4,11,13,20H,5-10,12H2,(H,31,34)(H,32,35)/t20-,23?,24?/m1/s1. The maximum Gasteiger partial charge on any atom is 0.573 e. The van der Waals surface area contributed by atoms with E-state index in [-0.39, 0.29) is 23.8 Å². The summed E-state index contributed by atoms with van der Waals surface area (Å²) in [6.07, 6.45) is -1.29. The third kappa shape index (κ3) is 5.36. The molecular formula is C25H23ClF3N3O5. The summed E-state index contributed by atoms with van der Waals surface area (Å²) in [6, 6.07) is 6.93. The number of hydrogen-bond acceptors (Lipinski definition) is 6. The highest BCUT2D eigenvalue weighted by atomic mass is 35.5. The van der Waals surface area contributed by atoms with Gasteiger partial charge in [-0.3, -0.25) is 14.4 Å². The molecule has 3 saturated carbocycles. The van der Waals surface area contributed by atoms with Crippen LogP contribution in [0.25, 0.3) is 0 Å². The van der Waals surface area contributed by atoms with Gasteiger partial charge >= 0.3 is 6.36 Å². The molecule has 3 aliphatic carbocycles. The average molecular weight is 538 g/mol. The maximum atomic E-state index is 13.1. The highest BCUT2D eigenvalue weighted by molar-refractivity contribution is 6.31. The van der Waals surface area contributed by atoms with Crippen LogP contribution in [-0.4, -0.2) is 46.1 Å². The van der Waals surface area contributed by atoms with Crippen LogP contribution in [0, 0.1) is 0 Å². The second-order valence-corrected chi connectivity index (χ2v) is 10.2. The van der Waals surface area contributed by atoms with Gasteiger partial charge in [0.15, 0.2) is 11.9 Å². The van der Waals surface area contributed by atoms with Gasteiger partial charge in [-0.05, 0) is 68.9 Å². The first kappa shape index (κ1) is 25.3. The third-order valence-corrected chi connectivity index (χ3v) is 7.63. The summed E-state index contributed by atoms with van der Waals surface area (Å²) >= 11 is 5.96. The predicted octanol–water partition coefficient (Wildman–Crippen LogP) is 4.36. The average Bonchev–Trinajstić information content (AvgIpc) is 2.85.